The number of nitro benzene ring substituents is 1. The van der Waals surface area contributed by atoms with Gasteiger partial charge in [0.15, 0.2) is 0 Å². The van der Waals surface area contributed by atoms with Crippen LogP contribution in [0.5, 0.6) is 0 Å². The van der Waals surface area contributed by atoms with Gasteiger partial charge in [0.2, 0.25) is 0 Å². The monoisotopic (exact) mass is 391 g/mol. The van der Waals surface area contributed by atoms with Gasteiger partial charge in [-0.3, -0.25) is 19.5 Å². The van der Waals surface area contributed by atoms with E-state index in [4.69, 9.17) is 0 Å². The second-order valence-electron chi connectivity index (χ2n) is 5.19. The molecular weight excluding hydrogens is 381 g/mol. The first kappa shape index (κ1) is 16.3. The highest BCUT2D eigenvalue weighted by Crippen LogP contribution is 2.22. The maximum absolute atomic E-state index is 13.5. The van der Waals surface area contributed by atoms with Crippen molar-refractivity contribution in [2.24, 2.45) is 0 Å². The average Bonchev–Trinajstić information content (AvgIpc) is 2.55. The molecular formula is C16H11BrFN3O3. The van der Waals surface area contributed by atoms with Gasteiger partial charge in [-0.15, -0.1) is 0 Å². The van der Waals surface area contributed by atoms with Crippen molar-refractivity contribution in [2.45, 2.75) is 13.6 Å². The van der Waals surface area contributed by atoms with Crippen molar-refractivity contribution >= 4 is 32.5 Å². The van der Waals surface area contributed by atoms with Crippen LogP contribution in [0.25, 0.3) is 16.6 Å². The van der Waals surface area contributed by atoms with Crippen LogP contribution in [-0.2, 0) is 6.67 Å². The summed E-state index contributed by atoms with van der Waals surface area (Å²) in [4.78, 5) is 27.3. The van der Waals surface area contributed by atoms with Crippen molar-refractivity contribution in [2.75, 3.05) is 0 Å². The molecule has 0 saturated heterocycles. The number of fused-ring (bicyclic) bond motifs is 1. The lowest BCUT2D eigenvalue weighted by atomic mass is 10.1. The fraction of sp³-hybridized carbons (Fsp3) is 0.125. The molecule has 0 fully saturated rings. The minimum atomic E-state index is -0.933. The van der Waals surface area contributed by atoms with E-state index in [1.54, 1.807) is 25.1 Å². The molecule has 8 heteroatoms. The molecule has 0 bridgehead atoms. The van der Waals surface area contributed by atoms with Gasteiger partial charge in [-0.2, -0.15) is 0 Å². The number of nitro groups is 1. The summed E-state index contributed by atoms with van der Waals surface area (Å²) < 4.78 is 15.4. The second-order valence-corrected chi connectivity index (χ2v) is 6.11. The molecule has 0 amide bonds. The summed E-state index contributed by atoms with van der Waals surface area (Å²) in [6.45, 7) is 0.851. The molecule has 3 aromatic rings. The Morgan fingerprint density at radius 3 is 2.67 bits per heavy atom. The van der Waals surface area contributed by atoms with Crippen LogP contribution in [-0.4, -0.2) is 14.5 Å². The maximum atomic E-state index is 13.5. The van der Waals surface area contributed by atoms with E-state index in [1.165, 1.54) is 12.1 Å². The summed E-state index contributed by atoms with van der Waals surface area (Å²) in [6, 6.07) is 8.96. The fourth-order valence-corrected chi connectivity index (χ4v) is 3.02. The van der Waals surface area contributed by atoms with Crippen LogP contribution in [0.3, 0.4) is 0 Å². The summed E-state index contributed by atoms with van der Waals surface area (Å²) in [5.74, 6) is -0.0493. The zero-order valence-electron chi connectivity index (χ0n) is 12.5. The minimum absolute atomic E-state index is 0.0493. The quantitative estimate of drug-likeness (QED) is 0.501. The number of aromatic nitrogens is 2. The molecule has 0 saturated carbocycles. The first-order chi connectivity index (χ1) is 11.4. The molecule has 0 N–H and O–H groups in total. The van der Waals surface area contributed by atoms with Gasteiger partial charge in [0.1, 0.15) is 12.5 Å². The van der Waals surface area contributed by atoms with Crippen molar-refractivity contribution in [1.82, 2.24) is 9.55 Å². The van der Waals surface area contributed by atoms with Gasteiger partial charge >= 0.3 is 0 Å². The van der Waals surface area contributed by atoms with E-state index in [0.29, 0.717) is 5.69 Å². The van der Waals surface area contributed by atoms with E-state index >= 15 is 0 Å². The molecule has 0 unspecified atom stereocenters. The van der Waals surface area contributed by atoms with Crippen LogP contribution in [0.2, 0.25) is 0 Å². The molecule has 0 atom stereocenters. The highest BCUT2D eigenvalue weighted by atomic mass is 79.9. The van der Waals surface area contributed by atoms with Crippen LogP contribution in [0.4, 0.5) is 10.1 Å². The molecule has 0 spiro atoms. The second kappa shape index (κ2) is 6.12. The van der Waals surface area contributed by atoms with Crippen LogP contribution < -0.4 is 5.56 Å². The Balaban J connectivity index is 2.39. The molecule has 3 rings (SSSR count). The Labute approximate surface area is 143 Å². The highest BCUT2D eigenvalue weighted by Gasteiger charge is 2.17. The highest BCUT2D eigenvalue weighted by molar-refractivity contribution is 9.10. The Morgan fingerprint density at radius 2 is 2.04 bits per heavy atom. The summed E-state index contributed by atoms with van der Waals surface area (Å²) in [6.07, 6.45) is 0. The van der Waals surface area contributed by atoms with Crippen LogP contribution in [0, 0.1) is 17.0 Å². The summed E-state index contributed by atoms with van der Waals surface area (Å²) in [5.41, 5.74) is 0.698. The minimum Gasteiger partial charge on any atom is -0.268 e. The third-order valence-corrected chi connectivity index (χ3v) is 4.14. The van der Waals surface area contributed by atoms with E-state index in [2.05, 4.69) is 20.9 Å². The number of halogens is 2. The number of aryl methyl sites for hydroxylation is 1. The van der Waals surface area contributed by atoms with Crippen molar-refractivity contribution in [3.05, 3.63) is 72.7 Å². The number of hydrogen-bond acceptors (Lipinski definition) is 4. The predicted molar refractivity (Wildman–Crippen MR) is 91.2 cm³/mol. The number of hydrogen-bond donors (Lipinski definition) is 0. The van der Waals surface area contributed by atoms with Crippen LogP contribution >= 0.6 is 15.9 Å². The lowest BCUT2D eigenvalue weighted by molar-refractivity contribution is -0.384. The first-order valence-electron chi connectivity index (χ1n) is 6.95. The number of benzene rings is 2. The molecule has 0 radical (unpaired) electrons. The van der Waals surface area contributed by atoms with Gasteiger partial charge in [-0.1, -0.05) is 15.9 Å². The van der Waals surface area contributed by atoms with E-state index in [0.717, 1.165) is 20.7 Å². The van der Waals surface area contributed by atoms with E-state index in [1.807, 2.05) is 0 Å². The standard InChI is InChI=1S/C16H11BrFN3O3/c1-9-6-10(17)2-5-14(9)20-15(8-18)19-13-4-3-11(21(23)24)7-12(13)16(20)22/h2-7H,8H2,1H3. The maximum Gasteiger partial charge on any atom is 0.270 e. The van der Waals surface area contributed by atoms with Crippen LogP contribution in [0.1, 0.15) is 11.4 Å². The molecule has 6 nitrogen and oxygen atoms in total. The smallest absolute Gasteiger partial charge is 0.268 e. The third-order valence-electron chi connectivity index (χ3n) is 3.65. The molecule has 2 aromatic carbocycles. The van der Waals surface area contributed by atoms with Gasteiger partial charge in [-0.25, -0.2) is 9.37 Å². The van der Waals surface area contributed by atoms with Gasteiger partial charge in [0.25, 0.3) is 11.2 Å². The number of rotatable bonds is 3. The van der Waals surface area contributed by atoms with E-state index in [-0.39, 0.29) is 22.4 Å². The first-order valence-corrected chi connectivity index (χ1v) is 7.74. The summed E-state index contributed by atoms with van der Waals surface area (Å²) in [7, 11) is 0. The fourth-order valence-electron chi connectivity index (χ4n) is 2.54. The molecule has 0 aliphatic rings. The van der Waals surface area contributed by atoms with Crippen LogP contribution in [0.15, 0.2) is 45.7 Å². The Morgan fingerprint density at radius 1 is 1.29 bits per heavy atom. The molecule has 0 aliphatic heterocycles. The third kappa shape index (κ3) is 2.69. The topological polar surface area (TPSA) is 78.0 Å². The summed E-state index contributed by atoms with van der Waals surface area (Å²) in [5, 5.41) is 11.0. The Kier molecular flexibility index (Phi) is 4.15. The molecule has 1 aromatic heterocycles. The van der Waals surface area contributed by atoms with Gasteiger partial charge in [0.05, 0.1) is 21.5 Å². The zero-order valence-corrected chi connectivity index (χ0v) is 14.1. The number of non-ortho nitro benzene ring substituents is 1. The van der Waals surface area contributed by atoms with Crippen molar-refractivity contribution in [1.29, 1.82) is 0 Å². The van der Waals surface area contributed by atoms with Crippen molar-refractivity contribution in [3.63, 3.8) is 0 Å². The van der Waals surface area contributed by atoms with Crippen molar-refractivity contribution in [3.8, 4) is 5.69 Å². The normalized spacial score (nSPS) is 11.0. The van der Waals surface area contributed by atoms with Gasteiger partial charge in [0, 0.05) is 16.6 Å². The zero-order chi connectivity index (χ0) is 17.4. The largest absolute Gasteiger partial charge is 0.270 e. The Hall–Kier alpha value is -2.61. The lowest BCUT2D eigenvalue weighted by Crippen LogP contribution is -2.24. The lowest BCUT2D eigenvalue weighted by Gasteiger charge is -2.14. The summed E-state index contributed by atoms with van der Waals surface area (Å²) >= 11 is 3.34. The molecule has 0 aliphatic carbocycles. The van der Waals surface area contributed by atoms with Crippen molar-refractivity contribution < 1.29 is 9.31 Å². The SMILES string of the molecule is Cc1cc(Br)ccc1-n1c(CF)nc2ccc([N+](=O)[O-])cc2c1=O. The van der Waals surface area contributed by atoms with Gasteiger partial charge in [-0.05, 0) is 36.8 Å². The molecule has 1 heterocycles. The average molecular weight is 392 g/mol. The Bertz CT molecular complexity index is 1030. The molecule has 24 heavy (non-hydrogen) atoms. The predicted octanol–water partition coefficient (Wildman–Crippen LogP) is 3.83. The van der Waals surface area contributed by atoms with Gasteiger partial charge < -0.3 is 0 Å². The van der Waals surface area contributed by atoms with E-state index < -0.39 is 17.2 Å². The van der Waals surface area contributed by atoms with E-state index in [9.17, 15) is 19.3 Å². The number of nitrogens with zero attached hydrogens (tertiary/aromatic N) is 3. The molecule has 122 valence electrons. The number of alkyl halides is 1.